The Morgan fingerprint density at radius 3 is 2.88 bits per heavy atom. The Kier molecular flexibility index (Phi) is 4.49. The number of amides is 1. The lowest BCUT2D eigenvalue weighted by Gasteiger charge is -2.10. The van der Waals surface area contributed by atoms with E-state index in [9.17, 15) is 4.79 Å². The maximum Gasteiger partial charge on any atom is 0.237 e. The highest BCUT2D eigenvalue weighted by Gasteiger charge is 2.11. The Balaban J connectivity index is 2.57. The van der Waals surface area contributed by atoms with Crippen LogP contribution in [0.25, 0.3) is 0 Å². The Bertz CT molecular complexity index is 359. The Morgan fingerprint density at radius 1 is 1.62 bits per heavy atom. The Morgan fingerprint density at radius 2 is 2.31 bits per heavy atom. The van der Waals surface area contributed by atoms with Crippen molar-refractivity contribution in [3.8, 4) is 0 Å². The molecule has 1 unspecified atom stereocenters. The molecule has 0 aliphatic heterocycles. The van der Waals surface area contributed by atoms with Gasteiger partial charge in [0.15, 0.2) is 0 Å². The average Bonchev–Trinajstić information content (AvgIpc) is 2.65. The summed E-state index contributed by atoms with van der Waals surface area (Å²) in [6, 6.07) is -0.165. The van der Waals surface area contributed by atoms with Gasteiger partial charge in [0.2, 0.25) is 5.91 Å². The summed E-state index contributed by atoms with van der Waals surface area (Å²) in [4.78, 5) is 11.6. The first-order valence-electron chi connectivity index (χ1n) is 5.54. The summed E-state index contributed by atoms with van der Waals surface area (Å²) in [7, 11) is 3.66. The molecule has 0 saturated carbocycles. The number of aromatic nitrogens is 2. The fourth-order valence-corrected chi connectivity index (χ4v) is 1.50. The van der Waals surface area contributed by atoms with Gasteiger partial charge in [0, 0.05) is 25.4 Å². The molecule has 1 aromatic rings. The van der Waals surface area contributed by atoms with Gasteiger partial charge in [0.05, 0.1) is 11.7 Å². The number of hydrogen-bond acceptors (Lipinski definition) is 3. The highest BCUT2D eigenvalue weighted by molar-refractivity contribution is 5.81. The molecule has 0 fully saturated rings. The zero-order chi connectivity index (χ0) is 12.1. The molecule has 0 aromatic carbocycles. The molecule has 0 bridgehead atoms. The van der Waals surface area contributed by atoms with Crippen LogP contribution >= 0.6 is 0 Å². The van der Waals surface area contributed by atoms with Crippen molar-refractivity contribution in [2.24, 2.45) is 7.05 Å². The van der Waals surface area contributed by atoms with Crippen LogP contribution in [0, 0.1) is 0 Å². The summed E-state index contributed by atoms with van der Waals surface area (Å²) in [6.07, 6.45) is 2.83. The van der Waals surface area contributed by atoms with Crippen molar-refractivity contribution < 1.29 is 4.79 Å². The summed E-state index contributed by atoms with van der Waals surface area (Å²) >= 11 is 0. The van der Waals surface area contributed by atoms with Crippen LogP contribution in [0.1, 0.15) is 25.1 Å². The van der Waals surface area contributed by atoms with Crippen molar-refractivity contribution in [1.29, 1.82) is 0 Å². The normalized spacial score (nSPS) is 12.5. The van der Waals surface area contributed by atoms with Crippen LogP contribution in [0.2, 0.25) is 0 Å². The summed E-state index contributed by atoms with van der Waals surface area (Å²) in [6.45, 7) is 4.44. The third-order valence-electron chi connectivity index (χ3n) is 2.61. The predicted octanol–water partition coefficient (Wildman–Crippen LogP) is 0.207. The summed E-state index contributed by atoms with van der Waals surface area (Å²) < 4.78 is 1.78. The number of carbonyl (C=O) groups is 1. The summed E-state index contributed by atoms with van der Waals surface area (Å²) in [5.74, 6) is 0.00778. The SMILES string of the molecule is CCc1nn(C)cc1CNC(=O)C(C)NC. The first-order valence-corrected chi connectivity index (χ1v) is 5.54. The van der Waals surface area contributed by atoms with Gasteiger partial charge in [-0.25, -0.2) is 0 Å². The van der Waals surface area contributed by atoms with E-state index in [1.807, 2.05) is 20.2 Å². The first-order chi connectivity index (χ1) is 7.58. The maximum atomic E-state index is 11.6. The minimum atomic E-state index is -0.165. The number of rotatable bonds is 5. The molecule has 1 rings (SSSR count). The molecule has 0 aliphatic carbocycles. The number of likely N-dealkylation sites (N-methyl/N-ethyl adjacent to an activating group) is 1. The molecule has 90 valence electrons. The van der Waals surface area contributed by atoms with E-state index in [1.54, 1.807) is 11.7 Å². The predicted molar refractivity (Wildman–Crippen MR) is 63.0 cm³/mol. The monoisotopic (exact) mass is 224 g/mol. The average molecular weight is 224 g/mol. The van der Waals surface area contributed by atoms with E-state index in [2.05, 4.69) is 22.7 Å². The quantitative estimate of drug-likeness (QED) is 0.751. The van der Waals surface area contributed by atoms with Gasteiger partial charge in [-0.2, -0.15) is 5.10 Å². The standard InChI is InChI=1S/C11H20N4O/c1-5-10-9(7-15(4)14-10)6-13-11(16)8(2)12-3/h7-8,12H,5-6H2,1-4H3,(H,13,16). The van der Waals surface area contributed by atoms with E-state index >= 15 is 0 Å². The fraction of sp³-hybridized carbons (Fsp3) is 0.636. The third-order valence-corrected chi connectivity index (χ3v) is 2.61. The lowest BCUT2D eigenvalue weighted by Crippen LogP contribution is -2.40. The van der Waals surface area contributed by atoms with Crippen molar-refractivity contribution >= 4 is 5.91 Å². The molecule has 0 spiro atoms. The van der Waals surface area contributed by atoms with Gasteiger partial charge in [0.1, 0.15) is 0 Å². The van der Waals surface area contributed by atoms with E-state index < -0.39 is 0 Å². The van der Waals surface area contributed by atoms with Gasteiger partial charge in [-0.15, -0.1) is 0 Å². The van der Waals surface area contributed by atoms with Gasteiger partial charge in [-0.3, -0.25) is 9.48 Å². The van der Waals surface area contributed by atoms with Crippen molar-refractivity contribution in [3.05, 3.63) is 17.5 Å². The van der Waals surface area contributed by atoms with E-state index in [1.165, 1.54) is 0 Å². The zero-order valence-electron chi connectivity index (χ0n) is 10.4. The van der Waals surface area contributed by atoms with Gasteiger partial charge >= 0.3 is 0 Å². The van der Waals surface area contributed by atoms with E-state index in [4.69, 9.17) is 0 Å². The van der Waals surface area contributed by atoms with Gasteiger partial charge < -0.3 is 10.6 Å². The molecular weight excluding hydrogens is 204 g/mol. The van der Waals surface area contributed by atoms with Gasteiger partial charge in [0.25, 0.3) is 0 Å². The molecule has 2 N–H and O–H groups in total. The van der Waals surface area contributed by atoms with Crippen LogP contribution in [0.5, 0.6) is 0 Å². The second-order valence-electron chi connectivity index (χ2n) is 3.86. The smallest absolute Gasteiger partial charge is 0.237 e. The number of carbonyl (C=O) groups excluding carboxylic acids is 1. The fourth-order valence-electron chi connectivity index (χ4n) is 1.50. The van der Waals surface area contributed by atoms with Crippen molar-refractivity contribution in [3.63, 3.8) is 0 Å². The van der Waals surface area contributed by atoms with Crippen LogP contribution in [0.3, 0.4) is 0 Å². The number of nitrogens with zero attached hydrogens (tertiary/aromatic N) is 2. The molecule has 1 amide bonds. The van der Waals surface area contributed by atoms with Crippen LogP contribution in [-0.4, -0.2) is 28.8 Å². The van der Waals surface area contributed by atoms with Gasteiger partial charge in [-0.1, -0.05) is 6.92 Å². The zero-order valence-corrected chi connectivity index (χ0v) is 10.4. The molecule has 1 aromatic heterocycles. The van der Waals surface area contributed by atoms with Crippen molar-refractivity contribution in [2.75, 3.05) is 7.05 Å². The third kappa shape index (κ3) is 3.06. The van der Waals surface area contributed by atoms with Crippen molar-refractivity contribution in [2.45, 2.75) is 32.9 Å². The molecule has 0 radical (unpaired) electrons. The molecule has 5 heteroatoms. The largest absolute Gasteiger partial charge is 0.351 e. The van der Waals surface area contributed by atoms with Crippen LogP contribution in [-0.2, 0) is 24.8 Å². The van der Waals surface area contributed by atoms with E-state index in [0.29, 0.717) is 6.54 Å². The van der Waals surface area contributed by atoms with Crippen molar-refractivity contribution in [1.82, 2.24) is 20.4 Å². The molecule has 1 atom stereocenters. The summed E-state index contributed by atoms with van der Waals surface area (Å²) in [5.41, 5.74) is 2.13. The lowest BCUT2D eigenvalue weighted by molar-refractivity contribution is -0.122. The molecule has 1 heterocycles. The topological polar surface area (TPSA) is 59.0 Å². The number of hydrogen-bond donors (Lipinski definition) is 2. The second-order valence-corrected chi connectivity index (χ2v) is 3.86. The van der Waals surface area contributed by atoms with E-state index in [-0.39, 0.29) is 11.9 Å². The first kappa shape index (κ1) is 12.7. The molecule has 5 nitrogen and oxygen atoms in total. The highest BCUT2D eigenvalue weighted by Crippen LogP contribution is 2.06. The van der Waals surface area contributed by atoms with E-state index in [0.717, 1.165) is 17.7 Å². The molecule has 0 aliphatic rings. The Hall–Kier alpha value is -1.36. The maximum absolute atomic E-state index is 11.6. The minimum absolute atomic E-state index is 0.00778. The van der Waals surface area contributed by atoms with Crippen LogP contribution in [0.15, 0.2) is 6.20 Å². The number of nitrogens with one attached hydrogen (secondary N) is 2. The second kappa shape index (κ2) is 5.65. The summed E-state index contributed by atoms with van der Waals surface area (Å²) in [5, 5.41) is 10.1. The van der Waals surface area contributed by atoms with Crippen LogP contribution < -0.4 is 10.6 Å². The van der Waals surface area contributed by atoms with Crippen LogP contribution in [0.4, 0.5) is 0 Å². The van der Waals surface area contributed by atoms with Gasteiger partial charge in [-0.05, 0) is 20.4 Å². The number of aryl methyl sites for hydroxylation is 2. The lowest BCUT2D eigenvalue weighted by atomic mass is 10.2. The molecule has 0 saturated heterocycles. The molecular formula is C11H20N4O. The minimum Gasteiger partial charge on any atom is -0.351 e. The Labute approximate surface area is 96.2 Å². The molecule has 16 heavy (non-hydrogen) atoms. The highest BCUT2D eigenvalue weighted by atomic mass is 16.2.